The van der Waals surface area contributed by atoms with Crippen LogP contribution in [-0.4, -0.2) is 32.7 Å². The van der Waals surface area contributed by atoms with Crippen LogP contribution in [0.1, 0.15) is 11.1 Å². The van der Waals surface area contributed by atoms with E-state index in [4.69, 9.17) is 10.00 Å². The van der Waals surface area contributed by atoms with Gasteiger partial charge in [0, 0.05) is 19.3 Å². The molecule has 1 amide bonds. The molecule has 1 rings (SSSR count). The first kappa shape index (κ1) is 14.0. The SMILES string of the molecule is COCCNC(=O)CNc1ccc(C#N)c(C)c1. The normalized spacial score (nSPS) is 9.61. The molecule has 1 aromatic rings. The molecule has 0 aliphatic heterocycles. The van der Waals surface area contributed by atoms with Gasteiger partial charge in [0.1, 0.15) is 0 Å². The molecule has 5 nitrogen and oxygen atoms in total. The Labute approximate surface area is 107 Å². The molecule has 0 saturated carbocycles. The lowest BCUT2D eigenvalue weighted by Crippen LogP contribution is -2.32. The molecule has 0 heterocycles. The Bertz CT molecular complexity index is 452. The number of hydrogen-bond acceptors (Lipinski definition) is 4. The molecule has 0 spiro atoms. The number of nitrogens with one attached hydrogen (secondary N) is 2. The first-order valence-corrected chi connectivity index (χ1v) is 5.67. The number of carbonyl (C=O) groups is 1. The summed E-state index contributed by atoms with van der Waals surface area (Å²) < 4.78 is 4.83. The maximum absolute atomic E-state index is 11.4. The van der Waals surface area contributed by atoms with Crippen LogP contribution in [0.3, 0.4) is 0 Å². The first-order valence-electron chi connectivity index (χ1n) is 5.67. The molecular formula is C13H17N3O2. The summed E-state index contributed by atoms with van der Waals surface area (Å²) in [6.07, 6.45) is 0. The fourth-order valence-electron chi connectivity index (χ4n) is 1.44. The van der Waals surface area contributed by atoms with Crippen molar-refractivity contribution in [3.05, 3.63) is 29.3 Å². The van der Waals surface area contributed by atoms with Gasteiger partial charge in [0.2, 0.25) is 5.91 Å². The number of rotatable bonds is 6. The lowest BCUT2D eigenvalue weighted by atomic mass is 10.1. The summed E-state index contributed by atoms with van der Waals surface area (Å²) in [7, 11) is 1.59. The summed E-state index contributed by atoms with van der Waals surface area (Å²) in [6, 6.07) is 7.47. The molecule has 0 atom stereocenters. The zero-order valence-electron chi connectivity index (χ0n) is 10.6. The average Bonchev–Trinajstić information content (AvgIpc) is 2.37. The molecule has 96 valence electrons. The van der Waals surface area contributed by atoms with Gasteiger partial charge in [-0.15, -0.1) is 0 Å². The molecule has 0 radical (unpaired) electrons. The van der Waals surface area contributed by atoms with Gasteiger partial charge in [-0.1, -0.05) is 0 Å². The van der Waals surface area contributed by atoms with Crippen LogP contribution in [0.15, 0.2) is 18.2 Å². The highest BCUT2D eigenvalue weighted by Crippen LogP contribution is 2.13. The van der Waals surface area contributed by atoms with Gasteiger partial charge in [-0.05, 0) is 30.7 Å². The van der Waals surface area contributed by atoms with Crippen molar-refractivity contribution >= 4 is 11.6 Å². The quantitative estimate of drug-likeness (QED) is 0.737. The van der Waals surface area contributed by atoms with Gasteiger partial charge < -0.3 is 15.4 Å². The Morgan fingerprint density at radius 1 is 1.50 bits per heavy atom. The largest absolute Gasteiger partial charge is 0.383 e. The van der Waals surface area contributed by atoms with Crippen LogP contribution in [-0.2, 0) is 9.53 Å². The number of carbonyl (C=O) groups excluding carboxylic acids is 1. The van der Waals surface area contributed by atoms with E-state index < -0.39 is 0 Å². The topological polar surface area (TPSA) is 74.2 Å². The second-order valence-corrected chi connectivity index (χ2v) is 3.84. The smallest absolute Gasteiger partial charge is 0.239 e. The lowest BCUT2D eigenvalue weighted by Gasteiger charge is -2.08. The Balaban J connectivity index is 2.42. The monoisotopic (exact) mass is 247 g/mol. The van der Waals surface area contributed by atoms with E-state index >= 15 is 0 Å². The molecule has 2 N–H and O–H groups in total. The zero-order chi connectivity index (χ0) is 13.4. The van der Waals surface area contributed by atoms with Gasteiger partial charge in [-0.2, -0.15) is 5.26 Å². The van der Waals surface area contributed by atoms with Crippen LogP contribution in [0.2, 0.25) is 0 Å². The molecule has 0 unspecified atom stereocenters. The molecule has 0 bridgehead atoms. The van der Waals surface area contributed by atoms with E-state index in [0.717, 1.165) is 11.3 Å². The van der Waals surface area contributed by atoms with Crippen molar-refractivity contribution < 1.29 is 9.53 Å². The van der Waals surface area contributed by atoms with Crippen LogP contribution < -0.4 is 10.6 Å². The van der Waals surface area contributed by atoms with Crippen LogP contribution in [0.4, 0.5) is 5.69 Å². The van der Waals surface area contributed by atoms with E-state index in [9.17, 15) is 4.79 Å². The molecule has 1 aromatic carbocycles. The fourth-order valence-corrected chi connectivity index (χ4v) is 1.44. The standard InChI is InChI=1S/C13H17N3O2/c1-10-7-12(4-3-11(10)8-14)16-9-13(17)15-5-6-18-2/h3-4,7,16H,5-6,9H2,1-2H3,(H,15,17). The van der Waals surface area contributed by atoms with Gasteiger partial charge in [-0.25, -0.2) is 0 Å². The van der Waals surface area contributed by atoms with Gasteiger partial charge in [0.25, 0.3) is 0 Å². The van der Waals surface area contributed by atoms with E-state index in [2.05, 4.69) is 16.7 Å². The molecule has 18 heavy (non-hydrogen) atoms. The molecule has 0 saturated heterocycles. The van der Waals surface area contributed by atoms with Crippen LogP contribution in [0, 0.1) is 18.3 Å². The Morgan fingerprint density at radius 2 is 2.28 bits per heavy atom. The van der Waals surface area contributed by atoms with E-state index in [1.165, 1.54) is 0 Å². The third kappa shape index (κ3) is 4.44. The predicted octanol–water partition coefficient (Wildman–Crippen LogP) is 1.04. The summed E-state index contributed by atoms with van der Waals surface area (Å²) in [4.78, 5) is 11.4. The minimum Gasteiger partial charge on any atom is -0.383 e. The molecule has 0 aliphatic carbocycles. The predicted molar refractivity (Wildman–Crippen MR) is 69.3 cm³/mol. The van der Waals surface area contributed by atoms with E-state index in [0.29, 0.717) is 18.7 Å². The second kappa shape index (κ2) is 7.30. The molecule has 0 aliphatic rings. The zero-order valence-corrected chi connectivity index (χ0v) is 10.6. The summed E-state index contributed by atoms with van der Waals surface area (Å²) in [6.45, 7) is 3.07. The van der Waals surface area contributed by atoms with Crippen molar-refractivity contribution in [1.29, 1.82) is 5.26 Å². The second-order valence-electron chi connectivity index (χ2n) is 3.84. The fraction of sp³-hybridized carbons (Fsp3) is 0.385. The lowest BCUT2D eigenvalue weighted by molar-refractivity contribution is -0.119. The molecule has 0 fully saturated rings. The maximum atomic E-state index is 11.4. The number of methoxy groups -OCH3 is 1. The third-order valence-electron chi connectivity index (χ3n) is 2.43. The Morgan fingerprint density at radius 3 is 2.89 bits per heavy atom. The van der Waals surface area contributed by atoms with Crippen molar-refractivity contribution in [2.24, 2.45) is 0 Å². The van der Waals surface area contributed by atoms with Gasteiger partial charge >= 0.3 is 0 Å². The van der Waals surface area contributed by atoms with Crippen LogP contribution in [0.5, 0.6) is 0 Å². The highest BCUT2D eigenvalue weighted by molar-refractivity contribution is 5.80. The highest BCUT2D eigenvalue weighted by atomic mass is 16.5. The average molecular weight is 247 g/mol. The van der Waals surface area contributed by atoms with Crippen molar-refractivity contribution in [3.8, 4) is 6.07 Å². The first-order chi connectivity index (χ1) is 8.67. The van der Waals surface area contributed by atoms with E-state index in [1.807, 2.05) is 13.0 Å². The number of aryl methyl sites for hydroxylation is 1. The Kier molecular flexibility index (Phi) is 5.68. The number of ether oxygens (including phenoxy) is 1. The number of amides is 1. The number of nitriles is 1. The van der Waals surface area contributed by atoms with Crippen molar-refractivity contribution in [2.45, 2.75) is 6.92 Å². The van der Waals surface area contributed by atoms with Crippen LogP contribution >= 0.6 is 0 Å². The highest BCUT2D eigenvalue weighted by Gasteiger charge is 2.02. The van der Waals surface area contributed by atoms with Crippen LogP contribution in [0.25, 0.3) is 0 Å². The van der Waals surface area contributed by atoms with E-state index in [-0.39, 0.29) is 12.5 Å². The van der Waals surface area contributed by atoms with Crippen molar-refractivity contribution in [3.63, 3.8) is 0 Å². The summed E-state index contributed by atoms with van der Waals surface area (Å²) in [5.74, 6) is -0.0888. The maximum Gasteiger partial charge on any atom is 0.239 e. The minimum atomic E-state index is -0.0888. The summed E-state index contributed by atoms with van der Waals surface area (Å²) in [5, 5.41) is 14.5. The molecular weight excluding hydrogens is 230 g/mol. The number of anilines is 1. The van der Waals surface area contributed by atoms with Gasteiger partial charge in [0.15, 0.2) is 0 Å². The minimum absolute atomic E-state index is 0.0888. The summed E-state index contributed by atoms with van der Waals surface area (Å²) >= 11 is 0. The third-order valence-corrected chi connectivity index (χ3v) is 2.43. The molecule has 5 heteroatoms. The van der Waals surface area contributed by atoms with Gasteiger partial charge in [0.05, 0.1) is 24.8 Å². The molecule has 0 aromatic heterocycles. The summed E-state index contributed by atoms with van der Waals surface area (Å²) in [5.41, 5.74) is 2.36. The number of benzene rings is 1. The number of hydrogen-bond donors (Lipinski definition) is 2. The van der Waals surface area contributed by atoms with Crippen molar-refractivity contribution in [2.75, 3.05) is 32.1 Å². The Hall–Kier alpha value is -2.06. The van der Waals surface area contributed by atoms with Crippen molar-refractivity contribution in [1.82, 2.24) is 5.32 Å². The number of nitrogens with zero attached hydrogens (tertiary/aromatic N) is 1. The van der Waals surface area contributed by atoms with E-state index in [1.54, 1.807) is 19.2 Å². The van der Waals surface area contributed by atoms with Gasteiger partial charge in [-0.3, -0.25) is 4.79 Å².